The molecule has 1 aromatic rings. The van der Waals surface area contributed by atoms with Crippen molar-refractivity contribution in [1.29, 1.82) is 0 Å². The first-order valence-corrected chi connectivity index (χ1v) is 7.28. The number of nitrogens with zero attached hydrogens (tertiary/aromatic N) is 2. The molecule has 0 saturated heterocycles. The van der Waals surface area contributed by atoms with Crippen molar-refractivity contribution in [2.24, 2.45) is 5.92 Å². The van der Waals surface area contributed by atoms with E-state index in [2.05, 4.69) is 9.72 Å². The Kier molecular flexibility index (Phi) is 6.92. The predicted molar refractivity (Wildman–Crippen MR) is 81.6 cm³/mol. The van der Waals surface area contributed by atoms with E-state index in [9.17, 15) is 9.59 Å². The van der Waals surface area contributed by atoms with Gasteiger partial charge in [0.05, 0.1) is 13.5 Å². The third kappa shape index (κ3) is 5.89. The number of carbonyl (C=O) groups is 2. The van der Waals surface area contributed by atoms with Gasteiger partial charge in [0, 0.05) is 18.7 Å². The lowest BCUT2D eigenvalue weighted by Gasteiger charge is -2.24. The van der Waals surface area contributed by atoms with Crippen LogP contribution in [0, 0.1) is 5.92 Å². The molecular weight excluding hydrogens is 315 g/mol. The first-order valence-electron chi connectivity index (χ1n) is 6.52. The highest BCUT2D eigenvalue weighted by Crippen LogP contribution is 2.17. The van der Waals surface area contributed by atoms with Crippen LogP contribution in [0.4, 0.5) is 0 Å². The third-order valence-corrected chi connectivity index (χ3v) is 3.08. The lowest BCUT2D eigenvalue weighted by Crippen LogP contribution is -2.36. The highest BCUT2D eigenvalue weighted by molar-refractivity contribution is 6.33. The minimum Gasteiger partial charge on any atom is -0.469 e. The van der Waals surface area contributed by atoms with Crippen molar-refractivity contribution < 1.29 is 14.3 Å². The van der Waals surface area contributed by atoms with Crippen LogP contribution in [0.15, 0.2) is 12.1 Å². The first-order chi connectivity index (χ1) is 9.83. The second-order valence-corrected chi connectivity index (χ2v) is 5.75. The van der Waals surface area contributed by atoms with Crippen LogP contribution in [0.3, 0.4) is 0 Å². The average Bonchev–Trinajstić information content (AvgIpc) is 2.40. The Morgan fingerprint density at radius 1 is 1.29 bits per heavy atom. The van der Waals surface area contributed by atoms with Gasteiger partial charge in [-0.3, -0.25) is 9.59 Å². The van der Waals surface area contributed by atoms with Gasteiger partial charge in [0.1, 0.15) is 10.3 Å². The summed E-state index contributed by atoms with van der Waals surface area (Å²) in [7, 11) is 1.32. The van der Waals surface area contributed by atoms with Crippen LogP contribution in [0.2, 0.25) is 10.3 Å². The standard InChI is InChI=1S/C14H18Cl2N2O3/c1-9(2)8-18(5-4-13(19)21-3)14(20)10-6-11(15)17-12(16)7-10/h6-7,9H,4-5,8H2,1-3H3. The molecule has 1 heterocycles. The summed E-state index contributed by atoms with van der Waals surface area (Å²) >= 11 is 11.6. The molecule has 0 radical (unpaired) electrons. The molecular formula is C14H18Cl2N2O3. The molecule has 116 valence electrons. The molecule has 0 fully saturated rings. The molecule has 0 aliphatic carbocycles. The normalized spacial score (nSPS) is 10.6. The van der Waals surface area contributed by atoms with Gasteiger partial charge < -0.3 is 9.64 Å². The van der Waals surface area contributed by atoms with E-state index in [1.807, 2.05) is 13.8 Å². The summed E-state index contributed by atoms with van der Waals surface area (Å²) in [6.45, 7) is 4.78. The van der Waals surface area contributed by atoms with Crippen molar-refractivity contribution in [3.8, 4) is 0 Å². The summed E-state index contributed by atoms with van der Waals surface area (Å²) in [6.07, 6.45) is 0.140. The second kappa shape index (κ2) is 8.20. The van der Waals surface area contributed by atoms with Crippen molar-refractivity contribution in [3.63, 3.8) is 0 Å². The number of amides is 1. The Morgan fingerprint density at radius 2 is 1.86 bits per heavy atom. The topological polar surface area (TPSA) is 59.5 Å². The number of carbonyl (C=O) groups excluding carboxylic acids is 2. The molecule has 7 heteroatoms. The van der Waals surface area contributed by atoms with Crippen LogP contribution in [0.5, 0.6) is 0 Å². The zero-order valence-corrected chi connectivity index (χ0v) is 13.7. The maximum absolute atomic E-state index is 12.5. The zero-order chi connectivity index (χ0) is 16.0. The van der Waals surface area contributed by atoms with Crippen molar-refractivity contribution in [2.75, 3.05) is 20.2 Å². The van der Waals surface area contributed by atoms with Crippen molar-refractivity contribution >= 4 is 35.1 Å². The summed E-state index contributed by atoms with van der Waals surface area (Å²) < 4.78 is 4.60. The van der Waals surface area contributed by atoms with Gasteiger partial charge in [-0.15, -0.1) is 0 Å². The van der Waals surface area contributed by atoms with E-state index in [-0.39, 0.29) is 41.1 Å². The average molecular weight is 333 g/mol. The van der Waals surface area contributed by atoms with Crippen LogP contribution in [-0.2, 0) is 9.53 Å². The maximum Gasteiger partial charge on any atom is 0.307 e. The molecule has 0 spiro atoms. The Hall–Kier alpha value is -1.33. The Labute approximate surface area is 134 Å². The molecule has 0 N–H and O–H groups in total. The highest BCUT2D eigenvalue weighted by Gasteiger charge is 2.19. The summed E-state index contributed by atoms with van der Waals surface area (Å²) in [5, 5.41) is 0.312. The summed E-state index contributed by atoms with van der Waals surface area (Å²) in [4.78, 5) is 29.2. The van der Waals surface area contributed by atoms with Crippen molar-refractivity contribution in [1.82, 2.24) is 9.88 Å². The lowest BCUT2D eigenvalue weighted by molar-refractivity contribution is -0.140. The Bertz CT molecular complexity index is 501. The minimum absolute atomic E-state index is 0.140. The Morgan fingerprint density at radius 3 is 2.33 bits per heavy atom. The van der Waals surface area contributed by atoms with Gasteiger partial charge in [-0.1, -0.05) is 37.0 Å². The van der Waals surface area contributed by atoms with E-state index in [1.165, 1.54) is 19.2 Å². The largest absolute Gasteiger partial charge is 0.469 e. The molecule has 0 saturated carbocycles. The lowest BCUT2D eigenvalue weighted by atomic mass is 10.1. The van der Waals surface area contributed by atoms with Gasteiger partial charge in [-0.2, -0.15) is 0 Å². The van der Waals surface area contributed by atoms with Crippen LogP contribution in [-0.4, -0.2) is 42.0 Å². The van der Waals surface area contributed by atoms with E-state index < -0.39 is 0 Å². The van der Waals surface area contributed by atoms with E-state index in [4.69, 9.17) is 23.2 Å². The number of rotatable bonds is 6. The van der Waals surface area contributed by atoms with Crippen LogP contribution >= 0.6 is 23.2 Å². The third-order valence-electron chi connectivity index (χ3n) is 2.70. The van der Waals surface area contributed by atoms with E-state index in [1.54, 1.807) is 4.90 Å². The van der Waals surface area contributed by atoms with Gasteiger partial charge in [0.15, 0.2) is 0 Å². The molecule has 0 aliphatic heterocycles. The number of methoxy groups -OCH3 is 1. The molecule has 1 amide bonds. The quantitative estimate of drug-likeness (QED) is 0.593. The predicted octanol–water partition coefficient (Wildman–Crippen LogP) is 3.05. The number of aromatic nitrogens is 1. The number of hydrogen-bond donors (Lipinski definition) is 0. The number of ether oxygens (including phenoxy) is 1. The number of hydrogen-bond acceptors (Lipinski definition) is 4. The molecule has 0 aromatic carbocycles. The van der Waals surface area contributed by atoms with Crippen molar-refractivity contribution in [3.05, 3.63) is 28.0 Å². The molecule has 5 nitrogen and oxygen atoms in total. The van der Waals surface area contributed by atoms with Gasteiger partial charge in [0.25, 0.3) is 5.91 Å². The molecule has 0 bridgehead atoms. The minimum atomic E-state index is -0.359. The SMILES string of the molecule is COC(=O)CCN(CC(C)C)C(=O)c1cc(Cl)nc(Cl)c1. The Balaban J connectivity index is 2.90. The van der Waals surface area contributed by atoms with Gasteiger partial charge >= 0.3 is 5.97 Å². The van der Waals surface area contributed by atoms with E-state index in [0.717, 1.165) is 0 Å². The van der Waals surface area contributed by atoms with Crippen LogP contribution in [0.1, 0.15) is 30.6 Å². The van der Waals surface area contributed by atoms with Gasteiger partial charge in [-0.25, -0.2) is 4.98 Å². The van der Waals surface area contributed by atoms with E-state index in [0.29, 0.717) is 12.1 Å². The maximum atomic E-state index is 12.5. The number of halogens is 2. The fourth-order valence-electron chi connectivity index (χ4n) is 1.82. The smallest absolute Gasteiger partial charge is 0.307 e. The summed E-state index contributed by atoms with van der Waals surface area (Å²) in [5.74, 6) is -0.333. The molecule has 0 unspecified atom stereocenters. The second-order valence-electron chi connectivity index (χ2n) is 4.97. The fourth-order valence-corrected chi connectivity index (χ4v) is 2.28. The summed E-state index contributed by atoms with van der Waals surface area (Å²) in [6, 6.07) is 2.92. The molecule has 1 aromatic heterocycles. The number of pyridine rings is 1. The van der Waals surface area contributed by atoms with Crippen molar-refractivity contribution in [2.45, 2.75) is 20.3 Å². The molecule has 0 aliphatic rings. The van der Waals surface area contributed by atoms with Crippen LogP contribution in [0.25, 0.3) is 0 Å². The van der Waals surface area contributed by atoms with Gasteiger partial charge in [0.2, 0.25) is 0 Å². The fraction of sp³-hybridized carbons (Fsp3) is 0.500. The molecule has 1 rings (SSSR count). The summed E-state index contributed by atoms with van der Waals surface area (Å²) in [5.41, 5.74) is 0.352. The number of esters is 1. The highest BCUT2D eigenvalue weighted by atomic mass is 35.5. The van der Waals surface area contributed by atoms with E-state index >= 15 is 0 Å². The van der Waals surface area contributed by atoms with Gasteiger partial charge in [-0.05, 0) is 18.1 Å². The first kappa shape index (κ1) is 17.7. The zero-order valence-electron chi connectivity index (χ0n) is 12.2. The van der Waals surface area contributed by atoms with Crippen LogP contribution < -0.4 is 0 Å². The monoisotopic (exact) mass is 332 g/mol. The molecule has 21 heavy (non-hydrogen) atoms. The molecule has 0 atom stereocenters.